The number of phenolic OH excluding ortho intramolecular Hbond substituents is 1. The van der Waals surface area contributed by atoms with Crippen LogP contribution < -0.4 is 10.9 Å². The van der Waals surface area contributed by atoms with Gasteiger partial charge in [-0.2, -0.15) is 5.10 Å². The average molecular weight is 343 g/mol. The summed E-state index contributed by atoms with van der Waals surface area (Å²) in [4.78, 5) is 22.5. The number of rotatable bonds is 8. The monoisotopic (exact) mass is 343 g/mol. The molecule has 25 heavy (non-hydrogen) atoms. The van der Waals surface area contributed by atoms with Crippen LogP contribution in [0.1, 0.15) is 37.7 Å². The number of phenols is 1. The van der Waals surface area contributed by atoms with E-state index in [2.05, 4.69) is 10.5 Å². The summed E-state index contributed by atoms with van der Waals surface area (Å²) in [7, 11) is 0. The summed E-state index contributed by atoms with van der Waals surface area (Å²) in [6, 6.07) is 10.7. The first-order valence-corrected chi connectivity index (χ1v) is 8.07. The smallest absolute Gasteiger partial charge is 0.243 e. The van der Waals surface area contributed by atoms with Crippen LogP contribution in [-0.4, -0.2) is 28.3 Å². The normalized spacial score (nSPS) is 10.9. The minimum absolute atomic E-state index is 0.201. The summed E-state index contributed by atoms with van der Waals surface area (Å²) >= 11 is 0. The van der Waals surface area contributed by atoms with Crippen LogP contribution in [0.5, 0.6) is 5.75 Å². The molecule has 7 nitrogen and oxygen atoms in total. The van der Waals surface area contributed by atoms with Crippen LogP contribution in [0.15, 0.2) is 41.5 Å². The minimum Gasteiger partial charge on any atom is -0.507 e. The molecule has 0 aliphatic carbocycles. The number of unbranched alkanes of at least 4 members (excludes halogenated alkanes) is 2. The molecular formula is C18H21N3O4. The molecular weight excluding hydrogens is 322 g/mol. The lowest BCUT2D eigenvalue weighted by atomic mass is 10.0. The van der Waals surface area contributed by atoms with Crippen LogP contribution in [0.2, 0.25) is 0 Å². The van der Waals surface area contributed by atoms with Gasteiger partial charge in [-0.25, -0.2) is 10.9 Å². The molecule has 2 rings (SSSR count). The second-order valence-electron chi connectivity index (χ2n) is 5.61. The quantitative estimate of drug-likeness (QED) is 0.255. The number of aromatic hydroxyl groups is 1. The van der Waals surface area contributed by atoms with Gasteiger partial charge in [0.25, 0.3) is 0 Å². The maximum absolute atomic E-state index is 11.7. The maximum atomic E-state index is 11.7. The molecule has 0 unspecified atom stereocenters. The fourth-order valence-electron chi connectivity index (χ4n) is 2.45. The lowest BCUT2D eigenvalue weighted by Crippen LogP contribution is -2.18. The van der Waals surface area contributed by atoms with Crippen molar-refractivity contribution in [2.24, 2.45) is 5.10 Å². The molecule has 0 atom stereocenters. The van der Waals surface area contributed by atoms with Crippen molar-refractivity contribution in [3.8, 4) is 5.75 Å². The van der Waals surface area contributed by atoms with E-state index in [1.54, 1.807) is 23.8 Å². The van der Waals surface area contributed by atoms with E-state index in [-0.39, 0.29) is 18.1 Å². The van der Waals surface area contributed by atoms with Crippen molar-refractivity contribution in [1.82, 2.24) is 10.9 Å². The molecule has 0 radical (unpaired) electrons. The molecule has 0 aromatic heterocycles. The predicted octanol–water partition coefficient (Wildman–Crippen LogP) is 2.45. The molecule has 0 spiro atoms. The molecule has 0 saturated carbocycles. The Morgan fingerprint density at radius 2 is 1.64 bits per heavy atom. The van der Waals surface area contributed by atoms with Gasteiger partial charge in [0.05, 0.1) is 6.21 Å². The molecule has 0 saturated heterocycles. The highest BCUT2D eigenvalue weighted by atomic mass is 16.5. The maximum Gasteiger partial charge on any atom is 0.243 e. The number of carbonyl (C=O) groups excluding carboxylic acids is 2. The third-order valence-corrected chi connectivity index (χ3v) is 3.76. The van der Waals surface area contributed by atoms with Crippen LogP contribution in [0.4, 0.5) is 0 Å². The van der Waals surface area contributed by atoms with Gasteiger partial charge in [0.1, 0.15) is 5.75 Å². The zero-order valence-corrected chi connectivity index (χ0v) is 13.7. The Morgan fingerprint density at radius 3 is 2.36 bits per heavy atom. The van der Waals surface area contributed by atoms with E-state index in [1.807, 2.05) is 24.3 Å². The number of hydrogen-bond acceptors (Lipinski definition) is 5. The summed E-state index contributed by atoms with van der Waals surface area (Å²) in [5.41, 5.74) is 4.84. The van der Waals surface area contributed by atoms with E-state index in [1.165, 1.54) is 0 Å². The van der Waals surface area contributed by atoms with Gasteiger partial charge in [0.2, 0.25) is 11.8 Å². The highest BCUT2D eigenvalue weighted by molar-refractivity contribution is 6.02. The van der Waals surface area contributed by atoms with Gasteiger partial charge < -0.3 is 5.11 Å². The van der Waals surface area contributed by atoms with E-state index in [0.717, 1.165) is 16.3 Å². The molecule has 0 heterocycles. The fourth-order valence-corrected chi connectivity index (χ4v) is 2.45. The van der Waals surface area contributed by atoms with Crippen LogP contribution in [0, 0.1) is 0 Å². The van der Waals surface area contributed by atoms with Crippen molar-refractivity contribution in [3.05, 3.63) is 42.0 Å². The fraction of sp³-hybridized carbons (Fsp3) is 0.278. The van der Waals surface area contributed by atoms with Crippen LogP contribution in [0.3, 0.4) is 0 Å². The van der Waals surface area contributed by atoms with Crippen LogP contribution in [-0.2, 0) is 9.59 Å². The zero-order valence-electron chi connectivity index (χ0n) is 13.7. The van der Waals surface area contributed by atoms with Gasteiger partial charge in [0, 0.05) is 23.8 Å². The highest BCUT2D eigenvalue weighted by Crippen LogP contribution is 2.26. The topological polar surface area (TPSA) is 111 Å². The first-order chi connectivity index (χ1) is 12.1. The lowest BCUT2D eigenvalue weighted by molar-refractivity contribution is -0.129. The predicted molar refractivity (Wildman–Crippen MR) is 94.4 cm³/mol. The molecule has 0 bridgehead atoms. The third-order valence-electron chi connectivity index (χ3n) is 3.76. The van der Waals surface area contributed by atoms with Gasteiger partial charge in [-0.3, -0.25) is 14.8 Å². The number of nitrogens with zero attached hydrogens (tertiary/aromatic N) is 1. The Morgan fingerprint density at radius 1 is 0.960 bits per heavy atom. The van der Waals surface area contributed by atoms with Gasteiger partial charge in [0.15, 0.2) is 0 Å². The number of benzene rings is 2. The van der Waals surface area contributed by atoms with Crippen molar-refractivity contribution in [2.75, 3.05) is 0 Å². The molecule has 0 aliphatic heterocycles. The largest absolute Gasteiger partial charge is 0.507 e. The Balaban J connectivity index is 1.80. The number of hydroxylamine groups is 1. The zero-order chi connectivity index (χ0) is 18.1. The second-order valence-corrected chi connectivity index (χ2v) is 5.61. The first kappa shape index (κ1) is 18.4. The van der Waals surface area contributed by atoms with Gasteiger partial charge >= 0.3 is 0 Å². The van der Waals surface area contributed by atoms with Gasteiger partial charge in [-0.05, 0) is 30.4 Å². The number of hydrogen-bond donors (Lipinski definition) is 4. The summed E-state index contributed by atoms with van der Waals surface area (Å²) in [5, 5.41) is 23.7. The van der Waals surface area contributed by atoms with Crippen molar-refractivity contribution in [2.45, 2.75) is 32.1 Å². The van der Waals surface area contributed by atoms with Crippen LogP contribution >= 0.6 is 0 Å². The third kappa shape index (κ3) is 5.58. The van der Waals surface area contributed by atoms with E-state index in [0.29, 0.717) is 25.7 Å². The van der Waals surface area contributed by atoms with Crippen molar-refractivity contribution < 1.29 is 19.9 Å². The Labute approximate surface area is 145 Å². The Kier molecular flexibility index (Phi) is 6.91. The molecule has 2 aromatic rings. The summed E-state index contributed by atoms with van der Waals surface area (Å²) in [6.45, 7) is 0. The van der Waals surface area contributed by atoms with Gasteiger partial charge in [-0.1, -0.05) is 30.7 Å². The molecule has 4 N–H and O–H groups in total. The summed E-state index contributed by atoms with van der Waals surface area (Å²) in [6.07, 6.45) is 4.07. The van der Waals surface area contributed by atoms with Crippen molar-refractivity contribution >= 4 is 28.8 Å². The van der Waals surface area contributed by atoms with Crippen molar-refractivity contribution in [1.29, 1.82) is 0 Å². The molecule has 0 fully saturated rings. The number of fused-ring (bicyclic) bond motifs is 1. The average Bonchev–Trinajstić information content (AvgIpc) is 2.63. The summed E-state index contributed by atoms with van der Waals surface area (Å²) in [5.74, 6) is -0.423. The number of carbonyl (C=O) groups is 2. The number of hydrazone groups is 1. The SMILES string of the molecule is O=C(CCCCCC(=O)N/N=C/c1ccc(O)c2ccccc12)NO. The van der Waals surface area contributed by atoms with Crippen molar-refractivity contribution in [3.63, 3.8) is 0 Å². The minimum atomic E-state index is -0.421. The molecule has 132 valence electrons. The standard InChI is InChI=1S/C18H21N3O4/c22-16-11-10-13(14-6-4-5-7-15(14)16)12-19-20-17(23)8-2-1-3-9-18(24)21-25/h4-7,10-12,22,25H,1-3,8-9H2,(H,20,23)(H,21,24)/b19-12+. The van der Waals surface area contributed by atoms with Crippen LogP contribution in [0.25, 0.3) is 10.8 Å². The number of amides is 2. The molecule has 0 aliphatic rings. The molecule has 2 aromatic carbocycles. The first-order valence-electron chi connectivity index (χ1n) is 8.07. The second kappa shape index (κ2) is 9.39. The molecule has 2 amide bonds. The van der Waals surface area contributed by atoms with E-state index < -0.39 is 5.91 Å². The highest BCUT2D eigenvalue weighted by Gasteiger charge is 2.04. The Bertz CT molecular complexity index is 774. The van der Waals surface area contributed by atoms with E-state index in [9.17, 15) is 14.7 Å². The lowest BCUT2D eigenvalue weighted by Gasteiger charge is -2.04. The van der Waals surface area contributed by atoms with E-state index >= 15 is 0 Å². The van der Waals surface area contributed by atoms with E-state index in [4.69, 9.17) is 5.21 Å². The number of nitrogens with one attached hydrogen (secondary N) is 2. The summed E-state index contributed by atoms with van der Waals surface area (Å²) < 4.78 is 0. The molecule has 7 heteroatoms. The Hall–Kier alpha value is -2.93. The van der Waals surface area contributed by atoms with Gasteiger partial charge in [-0.15, -0.1) is 0 Å².